The number of aromatic nitrogens is 1. The Morgan fingerprint density at radius 1 is 1.32 bits per heavy atom. The van der Waals surface area contributed by atoms with Crippen molar-refractivity contribution in [3.63, 3.8) is 0 Å². The molecular formula is C20H22BrFN4O2. The van der Waals surface area contributed by atoms with Crippen molar-refractivity contribution in [2.75, 3.05) is 25.0 Å². The first kappa shape index (κ1) is 19.3. The molecule has 1 aromatic heterocycles. The van der Waals surface area contributed by atoms with Crippen molar-refractivity contribution in [3.05, 3.63) is 52.5 Å². The largest absolute Gasteiger partial charge is 0.385 e. The first-order chi connectivity index (χ1) is 13.5. The summed E-state index contributed by atoms with van der Waals surface area (Å²) in [6.45, 7) is 1.48. The molecule has 0 radical (unpaired) electrons. The minimum absolute atomic E-state index is 0.0252. The van der Waals surface area contributed by atoms with Gasteiger partial charge in [0.2, 0.25) is 0 Å². The Hall–Kier alpha value is -2.03. The van der Waals surface area contributed by atoms with E-state index in [0.29, 0.717) is 15.7 Å². The van der Waals surface area contributed by atoms with Gasteiger partial charge in [0.15, 0.2) is 0 Å². The molecule has 1 atom stereocenters. The number of likely N-dealkylation sites (tertiary alicyclic amines) is 1. The van der Waals surface area contributed by atoms with E-state index in [1.807, 2.05) is 0 Å². The van der Waals surface area contributed by atoms with Gasteiger partial charge in [0.25, 0.3) is 5.91 Å². The minimum Gasteiger partial charge on any atom is -0.385 e. The van der Waals surface area contributed by atoms with Gasteiger partial charge in [-0.15, -0.1) is 0 Å². The lowest BCUT2D eigenvalue weighted by atomic mass is 9.81. The summed E-state index contributed by atoms with van der Waals surface area (Å²) in [6.07, 6.45) is 6.16. The van der Waals surface area contributed by atoms with Gasteiger partial charge in [0.1, 0.15) is 11.4 Å². The number of aliphatic hydroxyl groups is 1. The lowest BCUT2D eigenvalue weighted by molar-refractivity contribution is -0.108. The van der Waals surface area contributed by atoms with E-state index < -0.39 is 11.4 Å². The van der Waals surface area contributed by atoms with Gasteiger partial charge in [-0.25, -0.2) is 4.39 Å². The number of benzene rings is 1. The number of pyridine rings is 1. The molecule has 28 heavy (non-hydrogen) atoms. The Kier molecular flexibility index (Phi) is 5.35. The minimum atomic E-state index is -0.880. The number of hydrogen-bond acceptors (Lipinski definition) is 5. The fourth-order valence-corrected chi connectivity index (χ4v) is 4.21. The summed E-state index contributed by atoms with van der Waals surface area (Å²) >= 11 is 3.23. The van der Waals surface area contributed by atoms with E-state index in [0.717, 1.165) is 25.8 Å². The number of carbonyl (C=O) groups is 1. The molecule has 3 N–H and O–H groups in total. The zero-order valence-electron chi connectivity index (χ0n) is 15.3. The number of rotatable bonds is 4. The van der Waals surface area contributed by atoms with Crippen LogP contribution in [0.5, 0.6) is 0 Å². The Morgan fingerprint density at radius 2 is 2.14 bits per heavy atom. The molecule has 0 aliphatic carbocycles. The van der Waals surface area contributed by atoms with Crippen molar-refractivity contribution in [2.45, 2.75) is 30.9 Å². The molecule has 6 nitrogen and oxygen atoms in total. The van der Waals surface area contributed by atoms with Crippen LogP contribution in [0.15, 0.2) is 41.1 Å². The standard InChI is InChI=1S/C20H22BrFN4O2/c21-13-4-5-16(15(22)9-13)25-17-10-23-8-6-14(17)19(27)26-11-20(28,12-26)18-3-1-2-7-24-18/h4-6,8-10,18,24-25,28H,1-3,7,11-12H2. The number of carbonyl (C=O) groups excluding carboxylic acids is 1. The zero-order chi connectivity index (χ0) is 19.7. The SMILES string of the molecule is O=C(c1ccncc1Nc1ccc(Br)cc1F)N1CC(O)(C2CCCCN2)C1. The molecule has 1 unspecified atom stereocenters. The van der Waals surface area contributed by atoms with Crippen LogP contribution in [0.3, 0.4) is 0 Å². The second kappa shape index (κ2) is 7.77. The van der Waals surface area contributed by atoms with E-state index >= 15 is 0 Å². The molecule has 0 spiro atoms. The van der Waals surface area contributed by atoms with Gasteiger partial charge in [0, 0.05) is 16.7 Å². The fraction of sp³-hybridized carbons (Fsp3) is 0.400. The van der Waals surface area contributed by atoms with Crippen LogP contribution in [0.4, 0.5) is 15.8 Å². The van der Waals surface area contributed by atoms with Crippen molar-refractivity contribution in [1.82, 2.24) is 15.2 Å². The molecule has 3 heterocycles. The summed E-state index contributed by atoms with van der Waals surface area (Å²) in [5.74, 6) is -0.638. The molecule has 0 saturated carbocycles. The molecule has 2 aromatic rings. The predicted octanol–water partition coefficient (Wildman–Crippen LogP) is 3.06. The Balaban J connectivity index is 1.48. The van der Waals surface area contributed by atoms with Crippen molar-refractivity contribution < 1.29 is 14.3 Å². The first-order valence-corrected chi connectivity index (χ1v) is 10.2. The molecule has 2 fully saturated rings. The lowest BCUT2D eigenvalue weighted by Gasteiger charge is -2.51. The third-order valence-electron chi connectivity index (χ3n) is 5.43. The Bertz CT molecular complexity index is 882. The topological polar surface area (TPSA) is 77.5 Å². The maximum atomic E-state index is 14.2. The third-order valence-corrected chi connectivity index (χ3v) is 5.92. The summed E-state index contributed by atoms with van der Waals surface area (Å²) in [4.78, 5) is 18.6. The van der Waals surface area contributed by atoms with E-state index in [-0.39, 0.29) is 30.7 Å². The number of amides is 1. The summed E-state index contributed by atoms with van der Waals surface area (Å²) < 4.78 is 14.8. The predicted molar refractivity (Wildman–Crippen MR) is 108 cm³/mol. The van der Waals surface area contributed by atoms with Crippen molar-refractivity contribution in [3.8, 4) is 0 Å². The quantitative estimate of drug-likeness (QED) is 0.669. The van der Waals surface area contributed by atoms with Crippen LogP contribution < -0.4 is 10.6 Å². The second-order valence-corrected chi connectivity index (χ2v) is 8.35. The summed E-state index contributed by atoms with van der Waals surface area (Å²) in [5, 5.41) is 17.1. The van der Waals surface area contributed by atoms with Crippen LogP contribution in [-0.2, 0) is 0 Å². The van der Waals surface area contributed by atoms with E-state index in [1.165, 1.54) is 18.5 Å². The van der Waals surface area contributed by atoms with Crippen molar-refractivity contribution >= 4 is 33.2 Å². The molecule has 0 bridgehead atoms. The van der Waals surface area contributed by atoms with Crippen LogP contribution >= 0.6 is 15.9 Å². The van der Waals surface area contributed by atoms with Crippen molar-refractivity contribution in [1.29, 1.82) is 0 Å². The smallest absolute Gasteiger partial charge is 0.256 e. The maximum absolute atomic E-state index is 14.2. The highest BCUT2D eigenvalue weighted by molar-refractivity contribution is 9.10. The molecule has 1 aromatic carbocycles. The van der Waals surface area contributed by atoms with Crippen LogP contribution in [0.2, 0.25) is 0 Å². The second-order valence-electron chi connectivity index (χ2n) is 7.44. The fourth-order valence-electron chi connectivity index (χ4n) is 3.88. The van der Waals surface area contributed by atoms with Crippen molar-refractivity contribution in [2.24, 2.45) is 0 Å². The van der Waals surface area contributed by atoms with Gasteiger partial charge in [-0.05, 0) is 43.7 Å². The molecule has 8 heteroatoms. The van der Waals surface area contributed by atoms with E-state index in [9.17, 15) is 14.3 Å². The first-order valence-electron chi connectivity index (χ1n) is 9.37. The molecule has 148 valence electrons. The highest BCUT2D eigenvalue weighted by Gasteiger charge is 2.49. The average molecular weight is 449 g/mol. The monoisotopic (exact) mass is 448 g/mol. The maximum Gasteiger partial charge on any atom is 0.256 e. The summed E-state index contributed by atoms with van der Waals surface area (Å²) in [5.41, 5.74) is 0.210. The Morgan fingerprint density at radius 3 is 2.86 bits per heavy atom. The summed E-state index contributed by atoms with van der Waals surface area (Å²) in [6, 6.07) is 6.30. The number of nitrogens with one attached hydrogen (secondary N) is 2. The van der Waals surface area contributed by atoms with Crippen LogP contribution in [0.25, 0.3) is 0 Å². The lowest BCUT2D eigenvalue weighted by Crippen LogP contribution is -2.72. The molecular weight excluding hydrogens is 427 g/mol. The van der Waals surface area contributed by atoms with Crippen LogP contribution in [0.1, 0.15) is 29.6 Å². The highest BCUT2D eigenvalue weighted by atomic mass is 79.9. The number of halogens is 2. The van der Waals surface area contributed by atoms with Gasteiger partial charge in [-0.3, -0.25) is 9.78 Å². The highest BCUT2D eigenvalue weighted by Crippen LogP contribution is 2.32. The van der Waals surface area contributed by atoms with Gasteiger partial charge in [-0.1, -0.05) is 22.4 Å². The van der Waals surface area contributed by atoms with Gasteiger partial charge < -0.3 is 20.6 Å². The van der Waals surface area contributed by atoms with E-state index in [1.54, 1.807) is 23.1 Å². The van der Waals surface area contributed by atoms with Crippen LogP contribution in [0, 0.1) is 5.82 Å². The van der Waals surface area contributed by atoms with Gasteiger partial charge in [-0.2, -0.15) is 0 Å². The third kappa shape index (κ3) is 3.76. The summed E-state index contributed by atoms with van der Waals surface area (Å²) in [7, 11) is 0. The average Bonchev–Trinajstić information content (AvgIpc) is 2.68. The van der Waals surface area contributed by atoms with E-state index in [2.05, 4.69) is 31.5 Å². The van der Waals surface area contributed by atoms with E-state index in [4.69, 9.17) is 0 Å². The molecule has 2 saturated heterocycles. The number of nitrogens with zero attached hydrogens (tertiary/aromatic N) is 2. The molecule has 2 aliphatic heterocycles. The van der Waals surface area contributed by atoms with Gasteiger partial charge >= 0.3 is 0 Å². The number of anilines is 2. The van der Waals surface area contributed by atoms with Crippen LogP contribution in [-0.4, -0.2) is 52.2 Å². The van der Waals surface area contributed by atoms with Gasteiger partial charge in [0.05, 0.1) is 36.2 Å². The zero-order valence-corrected chi connectivity index (χ0v) is 16.9. The molecule has 2 aliphatic rings. The number of hydrogen-bond donors (Lipinski definition) is 3. The molecule has 1 amide bonds. The Labute approximate surface area is 171 Å². The number of piperidine rings is 1. The normalized spacial score (nSPS) is 21.1. The molecule has 4 rings (SSSR count). The number of β-amino-alcohol motifs (C(OH)–C–C–N with tert-alkyl or cyclic N) is 1.